The van der Waals surface area contributed by atoms with Crippen LogP contribution >= 0.6 is 0 Å². The predicted octanol–water partition coefficient (Wildman–Crippen LogP) is 1.40. The molecule has 3 aliphatic heterocycles. The molecule has 3 fully saturated rings. The molecular weight excluding hydrogens is 378 g/mol. The average molecular weight is 405 g/mol. The molecule has 2 atom stereocenters. The third-order valence-electron chi connectivity index (χ3n) is 6.75. The number of likely N-dealkylation sites (tertiary alicyclic amines) is 1. The maximum Gasteiger partial charge on any atom is 0.253 e. The van der Waals surface area contributed by atoms with Crippen molar-refractivity contribution in [2.75, 3.05) is 32.7 Å². The van der Waals surface area contributed by atoms with Crippen molar-refractivity contribution in [1.82, 2.24) is 14.7 Å². The van der Waals surface area contributed by atoms with Gasteiger partial charge in [0, 0.05) is 44.3 Å². The van der Waals surface area contributed by atoms with Gasteiger partial charge in [-0.25, -0.2) is 0 Å². The van der Waals surface area contributed by atoms with Crippen molar-refractivity contribution < 1.29 is 14.7 Å². The molecule has 0 bridgehead atoms. The van der Waals surface area contributed by atoms with E-state index in [1.165, 1.54) is 0 Å². The molecule has 0 aromatic heterocycles. The molecule has 2 aromatic carbocycles. The van der Waals surface area contributed by atoms with Crippen LogP contribution in [0.25, 0.3) is 0 Å². The number of fused-ring (bicyclic) bond motifs is 2. The highest BCUT2D eigenvalue weighted by molar-refractivity contribution is 5.94. The van der Waals surface area contributed by atoms with Crippen LogP contribution in [0.2, 0.25) is 0 Å². The van der Waals surface area contributed by atoms with Crippen LogP contribution in [0.3, 0.4) is 0 Å². The summed E-state index contributed by atoms with van der Waals surface area (Å²) in [5.41, 5.74) is 1.45. The first-order chi connectivity index (χ1) is 14.5. The molecule has 0 unspecified atom stereocenters. The van der Waals surface area contributed by atoms with E-state index < -0.39 is 0 Å². The quantitative estimate of drug-likeness (QED) is 0.839. The van der Waals surface area contributed by atoms with Crippen LogP contribution in [0.1, 0.15) is 22.3 Å². The van der Waals surface area contributed by atoms with Crippen molar-refractivity contribution >= 4 is 11.8 Å². The fraction of sp³-hybridized carbons (Fsp3) is 0.417. The molecular formula is C24H27N3O3. The molecule has 3 saturated heterocycles. The highest BCUT2D eigenvalue weighted by Crippen LogP contribution is 2.39. The molecule has 2 aromatic rings. The standard InChI is InChI=1S/C24H27N3O3/c28-21-12-20-13-25(23(30)19-9-5-2-6-10-19)15-24(27(20)14-21)16-26(17-24)22(29)11-18-7-3-1-4-8-18/h1-10,20-21,28H,11-17H2/t20-,21-/m1/s1. The third kappa shape index (κ3) is 3.40. The Kier molecular flexibility index (Phi) is 4.83. The first kappa shape index (κ1) is 19.3. The minimum absolute atomic E-state index is 0.0325. The van der Waals surface area contributed by atoms with E-state index in [0.29, 0.717) is 51.1 Å². The second kappa shape index (κ2) is 7.52. The molecule has 6 nitrogen and oxygen atoms in total. The molecule has 0 saturated carbocycles. The van der Waals surface area contributed by atoms with E-state index >= 15 is 0 Å². The number of aliphatic hydroxyl groups excluding tert-OH is 1. The summed E-state index contributed by atoms with van der Waals surface area (Å²) in [7, 11) is 0. The number of benzene rings is 2. The summed E-state index contributed by atoms with van der Waals surface area (Å²) in [5.74, 6) is 0.153. The summed E-state index contributed by atoms with van der Waals surface area (Å²) in [6, 6.07) is 19.3. The maximum absolute atomic E-state index is 13.1. The molecule has 1 N–H and O–H groups in total. The number of hydrogen-bond donors (Lipinski definition) is 1. The van der Waals surface area contributed by atoms with Crippen LogP contribution in [0.4, 0.5) is 0 Å². The van der Waals surface area contributed by atoms with Crippen LogP contribution in [0, 0.1) is 0 Å². The van der Waals surface area contributed by atoms with Crippen molar-refractivity contribution in [3.63, 3.8) is 0 Å². The van der Waals surface area contributed by atoms with Crippen LogP contribution < -0.4 is 0 Å². The largest absolute Gasteiger partial charge is 0.392 e. The van der Waals surface area contributed by atoms with Gasteiger partial charge < -0.3 is 14.9 Å². The molecule has 6 heteroatoms. The lowest BCUT2D eigenvalue weighted by atomic mass is 9.83. The molecule has 156 valence electrons. The Balaban J connectivity index is 1.32. The number of β-amino-alcohol motifs (C(OH)–C–C–N with tert-alkyl or cyclic N) is 1. The van der Waals surface area contributed by atoms with Crippen molar-refractivity contribution in [1.29, 1.82) is 0 Å². The van der Waals surface area contributed by atoms with E-state index in [2.05, 4.69) is 4.90 Å². The fourth-order valence-corrected chi connectivity index (χ4v) is 5.33. The highest BCUT2D eigenvalue weighted by atomic mass is 16.3. The second-order valence-electron chi connectivity index (χ2n) is 8.88. The zero-order valence-electron chi connectivity index (χ0n) is 17.0. The van der Waals surface area contributed by atoms with Crippen molar-refractivity contribution in [3.05, 3.63) is 71.8 Å². The number of piperazine rings is 1. The number of carbonyl (C=O) groups excluding carboxylic acids is 2. The predicted molar refractivity (Wildman–Crippen MR) is 113 cm³/mol. The second-order valence-corrected chi connectivity index (χ2v) is 8.88. The Hall–Kier alpha value is -2.70. The molecule has 3 aliphatic rings. The lowest BCUT2D eigenvalue weighted by molar-refractivity contribution is -0.153. The van der Waals surface area contributed by atoms with Gasteiger partial charge in [-0.2, -0.15) is 0 Å². The van der Waals surface area contributed by atoms with Gasteiger partial charge in [0.25, 0.3) is 5.91 Å². The summed E-state index contributed by atoms with van der Waals surface area (Å²) in [5, 5.41) is 10.3. The molecule has 0 radical (unpaired) electrons. The van der Waals surface area contributed by atoms with Crippen LogP contribution in [-0.2, 0) is 11.2 Å². The number of amides is 2. The van der Waals surface area contributed by atoms with Crippen molar-refractivity contribution in [2.45, 2.75) is 30.5 Å². The van der Waals surface area contributed by atoms with Crippen LogP contribution in [-0.4, -0.2) is 82.0 Å². The number of nitrogens with zero attached hydrogens (tertiary/aromatic N) is 3. The summed E-state index contributed by atoms with van der Waals surface area (Å²) in [6.07, 6.45) is 0.709. The summed E-state index contributed by atoms with van der Waals surface area (Å²) >= 11 is 0. The minimum atomic E-state index is -0.368. The molecule has 30 heavy (non-hydrogen) atoms. The van der Waals surface area contributed by atoms with Crippen LogP contribution in [0.15, 0.2) is 60.7 Å². The van der Waals surface area contributed by atoms with E-state index in [4.69, 9.17) is 0 Å². The van der Waals surface area contributed by atoms with Gasteiger partial charge in [-0.05, 0) is 24.1 Å². The van der Waals surface area contributed by atoms with Gasteiger partial charge >= 0.3 is 0 Å². The van der Waals surface area contributed by atoms with Crippen molar-refractivity contribution in [3.8, 4) is 0 Å². The Bertz CT molecular complexity index is 927. The number of aliphatic hydroxyl groups is 1. The zero-order chi connectivity index (χ0) is 20.7. The van der Waals surface area contributed by atoms with Gasteiger partial charge in [0.15, 0.2) is 0 Å². The van der Waals surface area contributed by atoms with E-state index in [9.17, 15) is 14.7 Å². The number of carbonyl (C=O) groups is 2. The topological polar surface area (TPSA) is 64.1 Å². The average Bonchev–Trinajstić information content (AvgIpc) is 3.12. The third-order valence-corrected chi connectivity index (χ3v) is 6.75. The number of rotatable bonds is 3. The van der Waals surface area contributed by atoms with Crippen LogP contribution in [0.5, 0.6) is 0 Å². The lowest BCUT2D eigenvalue weighted by Crippen LogP contribution is -2.79. The van der Waals surface area contributed by atoms with Gasteiger partial charge in [0.1, 0.15) is 0 Å². The first-order valence-corrected chi connectivity index (χ1v) is 10.6. The summed E-state index contributed by atoms with van der Waals surface area (Å²) in [4.78, 5) is 32.1. The highest BCUT2D eigenvalue weighted by Gasteiger charge is 2.57. The number of hydrogen-bond acceptors (Lipinski definition) is 4. The Morgan fingerprint density at radius 1 is 0.900 bits per heavy atom. The van der Waals surface area contributed by atoms with E-state index in [1.54, 1.807) is 0 Å². The van der Waals surface area contributed by atoms with Gasteiger partial charge in [0.2, 0.25) is 5.91 Å². The molecule has 3 heterocycles. The Labute approximate surface area is 176 Å². The molecule has 0 aliphatic carbocycles. The monoisotopic (exact) mass is 405 g/mol. The molecule has 1 spiro atoms. The minimum Gasteiger partial charge on any atom is -0.392 e. The van der Waals surface area contributed by atoms with Gasteiger partial charge in [-0.1, -0.05) is 48.5 Å². The summed E-state index contributed by atoms with van der Waals surface area (Å²) < 4.78 is 0. The molecule has 2 amide bonds. The molecule has 5 rings (SSSR count). The Morgan fingerprint density at radius 3 is 2.23 bits per heavy atom. The normalized spacial score (nSPS) is 25.1. The van der Waals surface area contributed by atoms with Gasteiger partial charge in [0.05, 0.1) is 18.1 Å². The fourth-order valence-electron chi connectivity index (χ4n) is 5.33. The SMILES string of the molecule is O=C(Cc1ccccc1)N1CC2(C1)CN(C(=O)c1ccccc1)C[C@H]1C[C@@H](O)CN12. The van der Waals surface area contributed by atoms with Gasteiger partial charge in [-0.3, -0.25) is 14.5 Å². The maximum atomic E-state index is 13.1. The lowest BCUT2D eigenvalue weighted by Gasteiger charge is -2.60. The summed E-state index contributed by atoms with van der Waals surface area (Å²) in [6.45, 7) is 3.07. The van der Waals surface area contributed by atoms with E-state index in [-0.39, 0.29) is 29.5 Å². The van der Waals surface area contributed by atoms with Gasteiger partial charge in [-0.15, -0.1) is 0 Å². The van der Waals surface area contributed by atoms with E-state index in [1.807, 2.05) is 70.5 Å². The smallest absolute Gasteiger partial charge is 0.253 e. The first-order valence-electron chi connectivity index (χ1n) is 10.6. The van der Waals surface area contributed by atoms with E-state index in [0.717, 1.165) is 5.56 Å². The van der Waals surface area contributed by atoms with Crippen molar-refractivity contribution in [2.24, 2.45) is 0 Å². The Morgan fingerprint density at radius 2 is 1.53 bits per heavy atom. The zero-order valence-corrected chi connectivity index (χ0v) is 17.0.